The number of carbonyl (C=O) groups is 2. The van der Waals surface area contributed by atoms with Crippen LogP contribution in [0.2, 0.25) is 0 Å². The maximum atomic E-state index is 12.5. The van der Waals surface area contributed by atoms with Gasteiger partial charge in [0.2, 0.25) is 5.91 Å². The zero-order valence-electron chi connectivity index (χ0n) is 13.4. The van der Waals surface area contributed by atoms with Crippen molar-refractivity contribution in [2.75, 3.05) is 13.1 Å². The number of nitrogens with zero attached hydrogens (tertiary/aromatic N) is 1. The summed E-state index contributed by atoms with van der Waals surface area (Å²) in [5.74, 6) is 0.407. The Bertz CT molecular complexity index is 539. The van der Waals surface area contributed by atoms with Crippen molar-refractivity contribution in [1.29, 1.82) is 0 Å². The van der Waals surface area contributed by atoms with Crippen LogP contribution in [-0.2, 0) is 11.2 Å². The molecule has 0 aliphatic carbocycles. The SMILES string of the molecule is CC(C)C1CCCN(C(=O)Cc2ccccc2C(=O)O)CC1. The number of hydrogen-bond donors (Lipinski definition) is 1. The van der Waals surface area contributed by atoms with E-state index in [1.807, 2.05) is 4.90 Å². The minimum absolute atomic E-state index is 0.0399. The molecule has 1 aliphatic heterocycles. The lowest BCUT2D eigenvalue weighted by Crippen LogP contribution is -2.33. The summed E-state index contributed by atoms with van der Waals surface area (Å²) in [6.07, 6.45) is 3.43. The van der Waals surface area contributed by atoms with Crippen LogP contribution in [0, 0.1) is 11.8 Å². The highest BCUT2D eigenvalue weighted by molar-refractivity contribution is 5.91. The van der Waals surface area contributed by atoms with Gasteiger partial charge in [-0.1, -0.05) is 32.0 Å². The van der Waals surface area contributed by atoms with Crippen LogP contribution in [0.25, 0.3) is 0 Å². The van der Waals surface area contributed by atoms with Gasteiger partial charge in [-0.15, -0.1) is 0 Å². The Labute approximate surface area is 132 Å². The molecule has 0 radical (unpaired) electrons. The summed E-state index contributed by atoms with van der Waals surface area (Å²) in [7, 11) is 0. The van der Waals surface area contributed by atoms with Crippen LogP contribution in [0.5, 0.6) is 0 Å². The van der Waals surface area contributed by atoms with Crippen molar-refractivity contribution in [3.05, 3.63) is 35.4 Å². The minimum atomic E-state index is -0.973. The van der Waals surface area contributed by atoms with Crippen molar-refractivity contribution in [2.45, 2.75) is 39.5 Å². The number of benzene rings is 1. The fourth-order valence-corrected chi connectivity index (χ4v) is 3.20. The first-order valence-corrected chi connectivity index (χ1v) is 8.08. The second kappa shape index (κ2) is 7.43. The molecule has 1 aromatic rings. The molecule has 1 aromatic carbocycles. The summed E-state index contributed by atoms with van der Waals surface area (Å²) >= 11 is 0. The summed E-state index contributed by atoms with van der Waals surface area (Å²) in [6.45, 7) is 6.06. The van der Waals surface area contributed by atoms with E-state index in [4.69, 9.17) is 0 Å². The number of likely N-dealkylation sites (tertiary alicyclic amines) is 1. The molecule has 1 N–H and O–H groups in total. The molecule has 1 unspecified atom stereocenters. The topological polar surface area (TPSA) is 57.6 Å². The highest BCUT2D eigenvalue weighted by Crippen LogP contribution is 2.25. The fourth-order valence-electron chi connectivity index (χ4n) is 3.20. The molecule has 1 aliphatic rings. The number of hydrogen-bond acceptors (Lipinski definition) is 2. The summed E-state index contributed by atoms with van der Waals surface area (Å²) in [5.41, 5.74) is 0.829. The van der Waals surface area contributed by atoms with Gasteiger partial charge >= 0.3 is 5.97 Å². The molecular weight excluding hydrogens is 278 g/mol. The first-order chi connectivity index (χ1) is 10.5. The molecule has 1 saturated heterocycles. The van der Waals surface area contributed by atoms with E-state index in [1.54, 1.807) is 24.3 Å². The number of amides is 1. The maximum Gasteiger partial charge on any atom is 0.335 e. The van der Waals surface area contributed by atoms with E-state index in [0.717, 1.165) is 25.9 Å². The van der Waals surface area contributed by atoms with Crippen molar-refractivity contribution in [3.63, 3.8) is 0 Å². The third-order valence-electron chi connectivity index (χ3n) is 4.66. The molecule has 1 amide bonds. The highest BCUT2D eigenvalue weighted by atomic mass is 16.4. The normalized spacial score (nSPS) is 19.0. The molecule has 120 valence electrons. The van der Waals surface area contributed by atoms with E-state index in [1.165, 1.54) is 6.42 Å². The van der Waals surface area contributed by atoms with E-state index < -0.39 is 5.97 Å². The minimum Gasteiger partial charge on any atom is -0.478 e. The van der Waals surface area contributed by atoms with Crippen molar-refractivity contribution in [3.8, 4) is 0 Å². The molecule has 4 nitrogen and oxygen atoms in total. The lowest BCUT2D eigenvalue weighted by Gasteiger charge is -2.22. The van der Waals surface area contributed by atoms with Crippen LogP contribution >= 0.6 is 0 Å². The second-order valence-corrected chi connectivity index (χ2v) is 6.45. The monoisotopic (exact) mass is 303 g/mol. The number of carbonyl (C=O) groups excluding carboxylic acids is 1. The molecule has 0 bridgehead atoms. The Morgan fingerprint density at radius 2 is 1.95 bits per heavy atom. The molecular formula is C18H25NO3. The molecule has 2 rings (SSSR count). The van der Waals surface area contributed by atoms with Gasteiger partial charge in [0.05, 0.1) is 12.0 Å². The second-order valence-electron chi connectivity index (χ2n) is 6.45. The van der Waals surface area contributed by atoms with Crippen molar-refractivity contribution >= 4 is 11.9 Å². The Morgan fingerprint density at radius 1 is 1.23 bits per heavy atom. The van der Waals surface area contributed by atoms with Crippen LogP contribution in [0.1, 0.15) is 49.0 Å². The Kier molecular flexibility index (Phi) is 5.58. The fraction of sp³-hybridized carbons (Fsp3) is 0.556. The van der Waals surface area contributed by atoms with Crippen molar-refractivity contribution < 1.29 is 14.7 Å². The third-order valence-corrected chi connectivity index (χ3v) is 4.66. The van der Waals surface area contributed by atoms with Crippen LogP contribution < -0.4 is 0 Å². The number of carboxylic acid groups (broad SMARTS) is 1. The number of rotatable bonds is 4. The third kappa shape index (κ3) is 4.09. The molecule has 22 heavy (non-hydrogen) atoms. The predicted molar refractivity (Wildman–Crippen MR) is 85.9 cm³/mol. The van der Waals surface area contributed by atoms with Crippen molar-refractivity contribution in [1.82, 2.24) is 4.90 Å². The smallest absolute Gasteiger partial charge is 0.335 e. The summed E-state index contributed by atoms with van der Waals surface area (Å²) < 4.78 is 0. The van der Waals surface area contributed by atoms with Gasteiger partial charge in [-0.05, 0) is 42.7 Å². The summed E-state index contributed by atoms with van der Waals surface area (Å²) in [6, 6.07) is 6.77. The quantitative estimate of drug-likeness (QED) is 0.929. The number of aromatic carboxylic acids is 1. The van der Waals surface area contributed by atoms with Crippen molar-refractivity contribution in [2.24, 2.45) is 11.8 Å². The largest absolute Gasteiger partial charge is 0.478 e. The molecule has 1 heterocycles. The van der Waals surface area contributed by atoms with Gasteiger partial charge in [0, 0.05) is 13.1 Å². The van der Waals surface area contributed by atoms with Gasteiger partial charge in [-0.3, -0.25) is 4.79 Å². The molecule has 0 aromatic heterocycles. The zero-order valence-corrected chi connectivity index (χ0v) is 13.4. The van der Waals surface area contributed by atoms with E-state index in [2.05, 4.69) is 13.8 Å². The van der Waals surface area contributed by atoms with Gasteiger partial charge in [0.15, 0.2) is 0 Å². The lowest BCUT2D eigenvalue weighted by atomic mass is 9.89. The molecule has 0 spiro atoms. The van der Waals surface area contributed by atoms with Crippen LogP contribution in [-0.4, -0.2) is 35.0 Å². The Balaban J connectivity index is 2.02. The van der Waals surface area contributed by atoms with Gasteiger partial charge in [0.25, 0.3) is 0 Å². The molecule has 1 fully saturated rings. The van der Waals surface area contributed by atoms with Crippen LogP contribution in [0.4, 0.5) is 0 Å². The van der Waals surface area contributed by atoms with E-state index in [0.29, 0.717) is 17.4 Å². The van der Waals surface area contributed by atoms with Gasteiger partial charge in [-0.25, -0.2) is 4.79 Å². The van der Waals surface area contributed by atoms with Crippen LogP contribution in [0.3, 0.4) is 0 Å². The van der Waals surface area contributed by atoms with E-state index in [-0.39, 0.29) is 17.9 Å². The predicted octanol–water partition coefficient (Wildman–Crippen LogP) is 3.21. The van der Waals surface area contributed by atoms with Gasteiger partial charge < -0.3 is 10.0 Å². The Hall–Kier alpha value is -1.84. The first kappa shape index (κ1) is 16.5. The van der Waals surface area contributed by atoms with E-state index in [9.17, 15) is 14.7 Å². The average molecular weight is 303 g/mol. The highest BCUT2D eigenvalue weighted by Gasteiger charge is 2.23. The number of carboxylic acids is 1. The molecule has 1 atom stereocenters. The Morgan fingerprint density at radius 3 is 2.64 bits per heavy atom. The van der Waals surface area contributed by atoms with E-state index >= 15 is 0 Å². The zero-order chi connectivity index (χ0) is 16.1. The first-order valence-electron chi connectivity index (χ1n) is 8.08. The lowest BCUT2D eigenvalue weighted by molar-refractivity contribution is -0.130. The maximum absolute atomic E-state index is 12.5. The average Bonchev–Trinajstić information content (AvgIpc) is 2.73. The molecule has 4 heteroatoms. The summed E-state index contributed by atoms with van der Waals surface area (Å²) in [4.78, 5) is 25.6. The molecule has 0 saturated carbocycles. The van der Waals surface area contributed by atoms with Gasteiger partial charge in [0.1, 0.15) is 0 Å². The summed E-state index contributed by atoms with van der Waals surface area (Å²) in [5, 5.41) is 9.20. The van der Waals surface area contributed by atoms with Crippen LogP contribution in [0.15, 0.2) is 24.3 Å². The standard InChI is InChI=1S/C18H25NO3/c1-13(2)14-7-5-10-19(11-9-14)17(20)12-15-6-3-4-8-16(15)18(21)22/h3-4,6,8,13-14H,5,7,9-12H2,1-2H3,(H,21,22). The van der Waals surface area contributed by atoms with Gasteiger partial charge in [-0.2, -0.15) is 0 Å².